The summed E-state index contributed by atoms with van der Waals surface area (Å²) < 4.78 is 0. The highest BCUT2D eigenvalue weighted by molar-refractivity contribution is 5.78. The summed E-state index contributed by atoms with van der Waals surface area (Å²) in [5, 5.41) is 61.2. The molecule has 0 saturated carbocycles. The molecule has 36 heavy (non-hydrogen) atoms. The monoisotopic (exact) mass is 500 g/mol. The summed E-state index contributed by atoms with van der Waals surface area (Å²) in [5.41, 5.74) is 0.660. The molecule has 9 heteroatoms. The highest BCUT2D eigenvalue weighted by atomic mass is 16.3. The number of rotatable bonds is 10. The van der Waals surface area contributed by atoms with Crippen molar-refractivity contribution in [3.63, 3.8) is 0 Å². The number of benzene rings is 2. The SMILES string of the molecule is O=C(CCC(c1c(O)cc(O)cc1O)N1CCCC1)CCC(c1c(O)cc(O)cc1O)N1CCCC1. The molecule has 2 saturated heterocycles. The fraction of sp³-hybridized carbons (Fsp3) is 0.519. The number of aromatic hydroxyl groups is 6. The Balaban J connectivity index is 1.46. The maximum absolute atomic E-state index is 13.0. The first-order valence-corrected chi connectivity index (χ1v) is 12.7. The fourth-order valence-electron chi connectivity index (χ4n) is 5.75. The highest BCUT2D eigenvalue weighted by Gasteiger charge is 2.31. The van der Waals surface area contributed by atoms with Crippen molar-refractivity contribution in [2.24, 2.45) is 0 Å². The summed E-state index contributed by atoms with van der Waals surface area (Å²) in [7, 11) is 0. The number of carbonyl (C=O) groups excluding carboxylic acids is 1. The van der Waals surface area contributed by atoms with Crippen LogP contribution in [0.2, 0.25) is 0 Å². The van der Waals surface area contributed by atoms with Gasteiger partial charge in [-0.2, -0.15) is 0 Å². The van der Waals surface area contributed by atoms with Gasteiger partial charge in [-0.3, -0.25) is 14.6 Å². The first-order valence-electron chi connectivity index (χ1n) is 12.7. The zero-order valence-electron chi connectivity index (χ0n) is 20.4. The Bertz CT molecular complexity index is 948. The Hall–Kier alpha value is -3.17. The average molecular weight is 501 g/mol. The van der Waals surface area contributed by atoms with Gasteiger partial charge in [-0.15, -0.1) is 0 Å². The van der Waals surface area contributed by atoms with Crippen LogP contribution in [0.3, 0.4) is 0 Å². The summed E-state index contributed by atoms with van der Waals surface area (Å²) >= 11 is 0. The maximum atomic E-state index is 13.0. The minimum Gasteiger partial charge on any atom is -0.508 e. The van der Waals surface area contributed by atoms with E-state index in [0.717, 1.165) is 51.9 Å². The van der Waals surface area contributed by atoms with Crippen LogP contribution in [0, 0.1) is 0 Å². The van der Waals surface area contributed by atoms with Gasteiger partial charge < -0.3 is 30.6 Å². The van der Waals surface area contributed by atoms with Crippen molar-refractivity contribution in [1.29, 1.82) is 0 Å². The van der Waals surface area contributed by atoms with Crippen molar-refractivity contribution in [3.8, 4) is 34.5 Å². The third-order valence-electron chi connectivity index (χ3n) is 7.46. The summed E-state index contributed by atoms with van der Waals surface area (Å²) in [6.45, 7) is 3.20. The number of likely N-dealkylation sites (tertiary alicyclic amines) is 2. The molecule has 2 unspecified atom stereocenters. The van der Waals surface area contributed by atoms with E-state index in [1.165, 1.54) is 24.3 Å². The Kier molecular flexibility index (Phi) is 8.11. The van der Waals surface area contributed by atoms with Gasteiger partial charge in [-0.05, 0) is 64.7 Å². The van der Waals surface area contributed by atoms with E-state index < -0.39 is 0 Å². The van der Waals surface area contributed by atoms with Crippen molar-refractivity contribution in [2.75, 3.05) is 26.2 Å². The van der Waals surface area contributed by atoms with Crippen molar-refractivity contribution < 1.29 is 35.4 Å². The van der Waals surface area contributed by atoms with Crippen molar-refractivity contribution in [3.05, 3.63) is 35.4 Å². The number of phenolic OH excluding ortho intramolecular Hbond substituents is 6. The molecule has 2 aromatic carbocycles. The molecular formula is C27H36N2O7. The number of carbonyl (C=O) groups is 1. The topological polar surface area (TPSA) is 145 Å². The Morgan fingerprint density at radius 3 is 1.22 bits per heavy atom. The molecule has 0 aromatic heterocycles. The second-order valence-corrected chi connectivity index (χ2v) is 9.93. The minimum atomic E-state index is -0.350. The average Bonchev–Trinajstić information content (AvgIpc) is 3.51. The van der Waals surface area contributed by atoms with Crippen molar-refractivity contribution >= 4 is 5.78 Å². The summed E-state index contributed by atoms with van der Waals surface area (Å²) in [6, 6.07) is 4.12. The molecule has 2 heterocycles. The van der Waals surface area contributed by atoms with Gasteiger partial charge in [0.15, 0.2) is 0 Å². The Morgan fingerprint density at radius 1 is 0.611 bits per heavy atom. The predicted octanol–water partition coefficient (Wildman–Crippen LogP) is 4.02. The highest BCUT2D eigenvalue weighted by Crippen LogP contribution is 2.44. The van der Waals surface area contributed by atoms with Crippen LogP contribution in [0.5, 0.6) is 34.5 Å². The molecule has 0 amide bonds. The lowest BCUT2D eigenvalue weighted by Crippen LogP contribution is -2.27. The summed E-state index contributed by atoms with van der Waals surface area (Å²) in [4.78, 5) is 17.3. The van der Waals surface area contributed by atoms with Crippen molar-refractivity contribution in [1.82, 2.24) is 9.80 Å². The number of Topliss-reactive ketones (excluding diaryl/α,β-unsaturated/α-hetero) is 1. The minimum absolute atomic E-state index is 0.0129. The first-order chi connectivity index (χ1) is 17.2. The molecule has 0 spiro atoms. The normalized spacial score (nSPS) is 18.4. The number of ketones is 1. The summed E-state index contributed by atoms with van der Waals surface area (Å²) in [6.07, 6.45) is 5.30. The Labute approximate surface area is 210 Å². The molecule has 2 atom stereocenters. The predicted molar refractivity (Wildman–Crippen MR) is 133 cm³/mol. The van der Waals surface area contributed by atoms with Crippen molar-refractivity contribution in [2.45, 2.75) is 63.5 Å². The smallest absolute Gasteiger partial charge is 0.133 e. The van der Waals surface area contributed by atoms with Gasteiger partial charge in [0, 0.05) is 49.2 Å². The Morgan fingerprint density at radius 2 is 0.917 bits per heavy atom. The number of hydrogen-bond donors (Lipinski definition) is 6. The van der Waals surface area contributed by atoms with Gasteiger partial charge in [-0.1, -0.05) is 0 Å². The summed E-state index contributed by atoms with van der Waals surface area (Å²) in [5.74, 6) is -1.20. The van der Waals surface area contributed by atoms with Crippen LogP contribution in [0.25, 0.3) is 0 Å². The van der Waals surface area contributed by atoms with Crippen LogP contribution in [0.15, 0.2) is 24.3 Å². The molecule has 0 bridgehead atoms. The van der Waals surface area contributed by atoms with E-state index in [1.54, 1.807) is 0 Å². The quantitative estimate of drug-likeness (QED) is 0.285. The molecule has 9 nitrogen and oxygen atoms in total. The molecule has 2 aliphatic heterocycles. The van der Waals surface area contributed by atoms with Crippen LogP contribution < -0.4 is 0 Å². The number of nitrogens with zero attached hydrogens (tertiary/aromatic N) is 2. The van der Waals surface area contributed by atoms with E-state index in [2.05, 4.69) is 9.80 Å². The number of hydrogen-bond acceptors (Lipinski definition) is 9. The van der Waals surface area contributed by atoms with E-state index in [-0.39, 0.29) is 65.2 Å². The van der Waals surface area contributed by atoms with E-state index >= 15 is 0 Å². The molecule has 6 N–H and O–H groups in total. The van der Waals surface area contributed by atoms with Gasteiger partial charge in [0.25, 0.3) is 0 Å². The van der Waals surface area contributed by atoms with Crippen LogP contribution in [-0.4, -0.2) is 72.4 Å². The lowest BCUT2D eigenvalue weighted by atomic mass is 9.93. The lowest BCUT2D eigenvalue weighted by Gasteiger charge is -2.30. The van der Waals surface area contributed by atoms with E-state index in [4.69, 9.17) is 0 Å². The molecule has 2 fully saturated rings. The van der Waals surface area contributed by atoms with E-state index in [0.29, 0.717) is 24.0 Å². The fourth-order valence-corrected chi connectivity index (χ4v) is 5.75. The third kappa shape index (κ3) is 5.79. The zero-order valence-corrected chi connectivity index (χ0v) is 20.4. The van der Waals surface area contributed by atoms with E-state index in [1.807, 2.05) is 0 Å². The second-order valence-electron chi connectivity index (χ2n) is 9.93. The molecule has 2 aromatic rings. The van der Waals surface area contributed by atoms with Gasteiger partial charge in [0.2, 0.25) is 0 Å². The molecule has 4 rings (SSSR count). The van der Waals surface area contributed by atoms with Crippen LogP contribution >= 0.6 is 0 Å². The largest absolute Gasteiger partial charge is 0.508 e. The molecule has 2 aliphatic rings. The molecule has 0 radical (unpaired) electrons. The molecule has 0 aliphatic carbocycles. The van der Waals surface area contributed by atoms with E-state index in [9.17, 15) is 35.4 Å². The standard InChI is InChI=1S/C27H36N2O7/c30-17(5-7-20(28-9-1-2-10-28)26-22(33)13-18(31)14-23(26)34)6-8-21(29-11-3-4-12-29)27-24(35)15-19(32)16-25(27)36/h13-16,20-21,31-36H,1-12H2. The van der Waals surface area contributed by atoms with Crippen LogP contribution in [-0.2, 0) is 4.79 Å². The first kappa shape index (κ1) is 25.9. The van der Waals surface area contributed by atoms with Gasteiger partial charge in [0.05, 0.1) is 11.1 Å². The van der Waals surface area contributed by atoms with Gasteiger partial charge in [0.1, 0.15) is 40.3 Å². The molecule has 196 valence electrons. The second kappa shape index (κ2) is 11.3. The molecular weight excluding hydrogens is 464 g/mol. The van der Waals surface area contributed by atoms with Crippen LogP contribution in [0.1, 0.15) is 74.6 Å². The maximum Gasteiger partial charge on any atom is 0.133 e. The zero-order chi connectivity index (χ0) is 25.8. The number of phenols is 6. The van der Waals surface area contributed by atoms with Crippen LogP contribution in [0.4, 0.5) is 0 Å². The lowest BCUT2D eigenvalue weighted by molar-refractivity contribution is -0.119. The van der Waals surface area contributed by atoms with Gasteiger partial charge >= 0.3 is 0 Å². The third-order valence-corrected chi connectivity index (χ3v) is 7.46. The van der Waals surface area contributed by atoms with Gasteiger partial charge in [-0.25, -0.2) is 0 Å².